The van der Waals surface area contributed by atoms with Crippen molar-refractivity contribution >= 4 is 40.0 Å². The Bertz CT molecular complexity index is 1010. The Morgan fingerprint density at radius 2 is 2.07 bits per heavy atom. The molecule has 3 heterocycles. The van der Waals surface area contributed by atoms with E-state index in [0.717, 1.165) is 11.5 Å². The molecule has 10 nitrogen and oxygen atoms in total. The number of nitrogen functional groups attached to an aromatic ring is 1. The topological polar surface area (TPSA) is 128 Å². The fourth-order valence-corrected chi connectivity index (χ4v) is 3.66. The number of nitrogens with one attached hydrogen (secondary N) is 1. The van der Waals surface area contributed by atoms with Gasteiger partial charge in [0.1, 0.15) is 17.6 Å². The van der Waals surface area contributed by atoms with Gasteiger partial charge in [-0.05, 0) is 17.6 Å². The predicted octanol–water partition coefficient (Wildman–Crippen LogP) is 0.742. The fourth-order valence-electron chi connectivity index (χ4n) is 3.22. The molecule has 1 atom stereocenters. The summed E-state index contributed by atoms with van der Waals surface area (Å²) in [6.45, 7) is 1.72. The molecule has 146 valence electrons. The number of carbonyl (C=O) groups excluding carboxylic acids is 1. The van der Waals surface area contributed by atoms with Crippen LogP contribution >= 0.6 is 11.5 Å². The first kappa shape index (κ1) is 18.3. The van der Waals surface area contributed by atoms with E-state index in [0.29, 0.717) is 59.5 Å². The second-order valence-electron chi connectivity index (χ2n) is 6.20. The number of fused-ring (bicyclic) bond motifs is 1. The molecule has 0 bridgehead atoms. The molecule has 1 aromatic carbocycles. The molecule has 4 rings (SSSR count). The maximum Gasteiger partial charge on any atom is 0.228 e. The summed E-state index contributed by atoms with van der Waals surface area (Å²) < 4.78 is 14.5. The normalized spacial score (nSPS) is 16.9. The number of nitrogens with two attached hydrogens (primary N) is 1. The number of piperazine rings is 1. The van der Waals surface area contributed by atoms with Crippen LogP contribution in [0, 0.1) is 0 Å². The first-order chi connectivity index (χ1) is 13.6. The molecule has 3 aromatic rings. The van der Waals surface area contributed by atoms with Crippen LogP contribution in [-0.4, -0.2) is 65.2 Å². The lowest BCUT2D eigenvalue weighted by Gasteiger charge is -2.35. The molecule has 0 radical (unpaired) electrons. The van der Waals surface area contributed by atoms with Crippen molar-refractivity contribution in [3.8, 4) is 11.5 Å². The van der Waals surface area contributed by atoms with Gasteiger partial charge in [-0.2, -0.15) is 4.98 Å². The number of Topliss-reactive ketones (excluding diaryl/α,β-unsaturated/α-hetero) is 1. The molecule has 1 aliphatic rings. The monoisotopic (exact) mass is 401 g/mol. The molecule has 1 fully saturated rings. The van der Waals surface area contributed by atoms with Crippen molar-refractivity contribution in [3.05, 3.63) is 23.2 Å². The van der Waals surface area contributed by atoms with Crippen LogP contribution < -0.4 is 25.4 Å². The van der Waals surface area contributed by atoms with E-state index in [1.54, 1.807) is 31.7 Å². The summed E-state index contributed by atoms with van der Waals surface area (Å²) >= 11 is 1.14. The van der Waals surface area contributed by atoms with E-state index in [-0.39, 0.29) is 5.78 Å². The highest BCUT2D eigenvalue weighted by atomic mass is 32.1. The average molecular weight is 401 g/mol. The first-order valence-electron chi connectivity index (χ1n) is 8.60. The van der Waals surface area contributed by atoms with Crippen LogP contribution in [0.15, 0.2) is 17.5 Å². The fraction of sp³-hybridized carbons (Fsp3) is 0.353. The Morgan fingerprint density at radius 1 is 1.29 bits per heavy atom. The molecule has 0 amide bonds. The Balaban J connectivity index is 1.77. The summed E-state index contributed by atoms with van der Waals surface area (Å²) in [5, 5.41) is 9.43. The van der Waals surface area contributed by atoms with Crippen molar-refractivity contribution in [2.45, 2.75) is 6.04 Å². The molecule has 0 aliphatic carbocycles. The van der Waals surface area contributed by atoms with E-state index in [4.69, 9.17) is 15.2 Å². The van der Waals surface area contributed by atoms with Gasteiger partial charge in [-0.25, -0.2) is 4.98 Å². The Kier molecular flexibility index (Phi) is 4.92. The first-order valence-corrected chi connectivity index (χ1v) is 9.44. The number of carbonyl (C=O) groups is 1. The summed E-state index contributed by atoms with van der Waals surface area (Å²) in [6, 6.07) is 3.00. The maximum atomic E-state index is 12.9. The lowest BCUT2D eigenvalue weighted by molar-refractivity contribution is 0.0945. The quantitative estimate of drug-likeness (QED) is 0.591. The van der Waals surface area contributed by atoms with E-state index in [1.165, 1.54) is 0 Å². The third-order valence-electron chi connectivity index (χ3n) is 4.63. The number of hydrogen-bond donors (Lipinski definition) is 2. The van der Waals surface area contributed by atoms with Gasteiger partial charge >= 0.3 is 0 Å². The largest absolute Gasteiger partial charge is 0.493 e. The summed E-state index contributed by atoms with van der Waals surface area (Å²) in [5.41, 5.74) is 7.15. The second-order valence-corrected chi connectivity index (χ2v) is 6.81. The summed E-state index contributed by atoms with van der Waals surface area (Å²) in [7, 11) is 3.11. The number of aromatic nitrogens is 4. The van der Waals surface area contributed by atoms with E-state index >= 15 is 0 Å². The third-order valence-corrected chi connectivity index (χ3v) is 5.14. The van der Waals surface area contributed by atoms with Crippen LogP contribution in [-0.2, 0) is 0 Å². The number of ether oxygens (including phenoxy) is 2. The van der Waals surface area contributed by atoms with Crippen molar-refractivity contribution in [3.63, 3.8) is 0 Å². The minimum absolute atomic E-state index is 0.129. The molecular formula is C17H19N7O3S. The summed E-state index contributed by atoms with van der Waals surface area (Å²) in [4.78, 5) is 23.8. The van der Waals surface area contributed by atoms with E-state index < -0.39 is 6.04 Å². The van der Waals surface area contributed by atoms with E-state index in [2.05, 4.69) is 24.9 Å². The second kappa shape index (κ2) is 7.52. The molecule has 1 aliphatic heterocycles. The third kappa shape index (κ3) is 3.18. The van der Waals surface area contributed by atoms with Crippen molar-refractivity contribution < 1.29 is 14.3 Å². The predicted molar refractivity (Wildman–Crippen MR) is 105 cm³/mol. The Labute approximate surface area is 164 Å². The number of benzene rings is 1. The van der Waals surface area contributed by atoms with Gasteiger partial charge in [0, 0.05) is 36.5 Å². The minimum atomic E-state index is -0.491. The zero-order valence-corrected chi connectivity index (χ0v) is 16.2. The lowest BCUT2D eigenvalue weighted by atomic mass is 10.1. The van der Waals surface area contributed by atoms with Gasteiger partial charge in [0.15, 0.2) is 11.5 Å². The molecule has 2 aromatic heterocycles. The number of nitrogens with zero attached hydrogens (tertiary/aromatic N) is 5. The van der Waals surface area contributed by atoms with Gasteiger partial charge in [0.05, 0.1) is 19.7 Å². The molecular weight excluding hydrogens is 382 g/mol. The van der Waals surface area contributed by atoms with Crippen LogP contribution in [0.2, 0.25) is 0 Å². The molecule has 11 heteroatoms. The molecule has 0 spiro atoms. The zero-order valence-electron chi connectivity index (χ0n) is 15.4. The van der Waals surface area contributed by atoms with Crippen LogP contribution in [0.25, 0.3) is 10.9 Å². The number of ketones is 1. The summed E-state index contributed by atoms with van der Waals surface area (Å²) in [6.07, 6.45) is 0. The molecule has 0 saturated carbocycles. The standard InChI is InChI=1S/C17H19N7O3S/c1-26-13-5-9-10(6-14(13)27-2)20-17(21-16(9)18)24-4-3-19-7-12(24)15(25)11-8-28-23-22-11/h5-6,8,12,19H,3-4,7H2,1-2H3,(H2,18,20,21). The number of anilines is 2. The number of hydrogen-bond acceptors (Lipinski definition) is 11. The van der Waals surface area contributed by atoms with Crippen LogP contribution in [0.3, 0.4) is 0 Å². The highest BCUT2D eigenvalue weighted by Gasteiger charge is 2.32. The van der Waals surface area contributed by atoms with Crippen molar-refractivity contribution in [1.82, 2.24) is 24.9 Å². The molecule has 3 N–H and O–H groups in total. The van der Waals surface area contributed by atoms with Crippen molar-refractivity contribution in [2.75, 3.05) is 44.5 Å². The maximum absolute atomic E-state index is 12.9. The van der Waals surface area contributed by atoms with Crippen LogP contribution in [0.5, 0.6) is 11.5 Å². The van der Waals surface area contributed by atoms with Crippen molar-refractivity contribution in [2.24, 2.45) is 0 Å². The van der Waals surface area contributed by atoms with E-state index in [1.807, 2.05) is 4.90 Å². The SMILES string of the molecule is COc1cc2nc(N3CCNCC3C(=O)c3csnn3)nc(N)c2cc1OC. The van der Waals surface area contributed by atoms with Gasteiger partial charge in [0.25, 0.3) is 0 Å². The highest BCUT2D eigenvalue weighted by Crippen LogP contribution is 2.34. The van der Waals surface area contributed by atoms with Gasteiger partial charge < -0.3 is 25.4 Å². The van der Waals surface area contributed by atoms with Gasteiger partial charge in [0.2, 0.25) is 11.7 Å². The molecule has 1 saturated heterocycles. The Hall–Kier alpha value is -3.05. The highest BCUT2D eigenvalue weighted by molar-refractivity contribution is 7.03. The minimum Gasteiger partial charge on any atom is -0.493 e. The van der Waals surface area contributed by atoms with Crippen molar-refractivity contribution in [1.29, 1.82) is 0 Å². The average Bonchev–Trinajstić information content (AvgIpc) is 3.27. The smallest absolute Gasteiger partial charge is 0.228 e. The molecule has 1 unspecified atom stereocenters. The van der Waals surface area contributed by atoms with Gasteiger partial charge in [-0.1, -0.05) is 4.49 Å². The Morgan fingerprint density at radius 3 is 2.79 bits per heavy atom. The molecule has 28 heavy (non-hydrogen) atoms. The van der Waals surface area contributed by atoms with E-state index in [9.17, 15) is 4.79 Å². The van der Waals surface area contributed by atoms with Gasteiger partial charge in [-0.3, -0.25) is 4.79 Å². The van der Waals surface area contributed by atoms with Crippen LogP contribution in [0.4, 0.5) is 11.8 Å². The van der Waals surface area contributed by atoms with Crippen LogP contribution in [0.1, 0.15) is 10.5 Å². The zero-order chi connectivity index (χ0) is 19.7. The number of methoxy groups -OCH3 is 2. The number of rotatable bonds is 5. The van der Waals surface area contributed by atoms with Gasteiger partial charge in [-0.15, -0.1) is 5.10 Å². The lowest BCUT2D eigenvalue weighted by Crippen LogP contribution is -2.55. The summed E-state index contributed by atoms with van der Waals surface area (Å²) in [5.74, 6) is 1.65.